The van der Waals surface area contributed by atoms with E-state index < -0.39 is 5.60 Å². The number of rotatable bonds is 2. The molecule has 0 aliphatic carbocycles. The zero-order valence-corrected chi connectivity index (χ0v) is 12.7. The first-order valence-electron chi connectivity index (χ1n) is 6.80. The molecule has 1 rings (SSSR count). The van der Waals surface area contributed by atoms with Crippen LogP contribution in [0.1, 0.15) is 48.0 Å². The first kappa shape index (κ1) is 15.3. The number of hydrogen-bond donors (Lipinski definition) is 1. The van der Waals surface area contributed by atoms with Crippen molar-refractivity contribution >= 4 is 6.09 Å². The molecular formula is C14H28N2O2. The largest absolute Gasteiger partial charge is 0.444 e. The maximum atomic E-state index is 11.5. The molecule has 1 saturated heterocycles. The van der Waals surface area contributed by atoms with E-state index in [0.29, 0.717) is 12.5 Å². The van der Waals surface area contributed by atoms with Gasteiger partial charge in [0.25, 0.3) is 0 Å². The van der Waals surface area contributed by atoms with Crippen LogP contribution in [-0.2, 0) is 4.74 Å². The van der Waals surface area contributed by atoms with Crippen LogP contribution >= 0.6 is 0 Å². The molecular weight excluding hydrogens is 228 g/mol. The second kappa shape index (κ2) is 5.47. The van der Waals surface area contributed by atoms with Crippen molar-refractivity contribution in [3.05, 3.63) is 0 Å². The third-order valence-corrected chi connectivity index (χ3v) is 3.17. The van der Waals surface area contributed by atoms with Gasteiger partial charge < -0.3 is 10.1 Å². The highest BCUT2D eigenvalue weighted by Gasteiger charge is 2.30. The fraction of sp³-hybridized carbons (Fsp3) is 0.929. The van der Waals surface area contributed by atoms with E-state index in [-0.39, 0.29) is 11.6 Å². The Morgan fingerprint density at radius 1 is 1.28 bits per heavy atom. The number of alkyl carbamates (subject to hydrolysis) is 1. The van der Waals surface area contributed by atoms with Crippen molar-refractivity contribution < 1.29 is 9.53 Å². The van der Waals surface area contributed by atoms with Crippen molar-refractivity contribution in [3.8, 4) is 0 Å². The average Bonchev–Trinajstić information content (AvgIpc) is 2.59. The number of carbonyl (C=O) groups excluding carboxylic acids is 1. The summed E-state index contributed by atoms with van der Waals surface area (Å²) in [5.74, 6) is 0.539. The molecule has 1 aliphatic rings. The van der Waals surface area contributed by atoms with Gasteiger partial charge in [-0.1, -0.05) is 0 Å². The fourth-order valence-electron chi connectivity index (χ4n) is 2.15. The van der Waals surface area contributed by atoms with E-state index in [2.05, 4.69) is 31.0 Å². The lowest BCUT2D eigenvalue weighted by Crippen LogP contribution is -2.40. The average molecular weight is 256 g/mol. The van der Waals surface area contributed by atoms with E-state index in [0.717, 1.165) is 19.5 Å². The zero-order valence-electron chi connectivity index (χ0n) is 12.7. The first-order chi connectivity index (χ1) is 8.08. The van der Waals surface area contributed by atoms with E-state index >= 15 is 0 Å². The summed E-state index contributed by atoms with van der Waals surface area (Å²) in [5, 5.41) is 2.87. The second-order valence-electron chi connectivity index (χ2n) is 7.15. The van der Waals surface area contributed by atoms with Crippen molar-refractivity contribution in [3.63, 3.8) is 0 Å². The van der Waals surface area contributed by atoms with Gasteiger partial charge in [0.2, 0.25) is 0 Å². The molecule has 4 heteroatoms. The number of nitrogens with one attached hydrogen (secondary N) is 1. The van der Waals surface area contributed by atoms with E-state index in [9.17, 15) is 4.79 Å². The van der Waals surface area contributed by atoms with Crippen LogP contribution in [-0.4, -0.2) is 41.8 Å². The summed E-state index contributed by atoms with van der Waals surface area (Å²) in [6, 6.07) is 0. The molecule has 18 heavy (non-hydrogen) atoms. The van der Waals surface area contributed by atoms with Gasteiger partial charge in [-0.2, -0.15) is 0 Å². The molecule has 1 aliphatic heterocycles. The first-order valence-corrected chi connectivity index (χ1v) is 6.80. The lowest BCUT2D eigenvalue weighted by molar-refractivity contribution is 0.0519. The van der Waals surface area contributed by atoms with Crippen LogP contribution in [0.25, 0.3) is 0 Å². The van der Waals surface area contributed by atoms with Gasteiger partial charge in [-0.25, -0.2) is 4.79 Å². The lowest BCUT2D eigenvalue weighted by Gasteiger charge is -2.31. The van der Waals surface area contributed by atoms with Crippen molar-refractivity contribution in [2.24, 2.45) is 5.92 Å². The molecule has 0 unspecified atom stereocenters. The Hall–Kier alpha value is -0.770. The molecule has 1 N–H and O–H groups in total. The Labute approximate surface area is 111 Å². The van der Waals surface area contributed by atoms with Gasteiger partial charge in [0.15, 0.2) is 0 Å². The number of hydrogen-bond acceptors (Lipinski definition) is 3. The van der Waals surface area contributed by atoms with Crippen LogP contribution in [0, 0.1) is 5.92 Å². The number of likely N-dealkylation sites (tertiary alicyclic amines) is 1. The van der Waals surface area contributed by atoms with Gasteiger partial charge in [-0.05, 0) is 60.4 Å². The highest BCUT2D eigenvalue weighted by Crippen LogP contribution is 2.23. The standard InChI is InChI=1S/C14H28N2O2/c1-13(2,3)16-8-7-11(10-16)9-15-12(17)18-14(4,5)6/h11H,7-10H2,1-6H3,(H,15,17)/t11-/m0/s1. The Bertz CT molecular complexity index is 289. The molecule has 0 bridgehead atoms. The second-order valence-corrected chi connectivity index (χ2v) is 7.15. The molecule has 1 heterocycles. The molecule has 0 spiro atoms. The van der Waals surface area contributed by atoms with Crippen LogP contribution < -0.4 is 5.32 Å². The minimum Gasteiger partial charge on any atom is -0.444 e. The molecule has 1 fully saturated rings. The van der Waals surface area contributed by atoms with Crippen molar-refractivity contribution in [1.82, 2.24) is 10.2 Å². The third-order valence-electron chi connectivity index (χ3n) is 3.17. The summed E-state index contributed by atoms with van der Waals surface area (Å²) >= 11 is 0. The SMILES string of the molecule is CC(C)(C)OC(=O)NC[C@@H]1CCN(C(C)(C)C)C1. The van der Waals surface area contributed by atoms with E-state index in [1.54, 1.807) is 0 Å². The highest BCUT2D eigenvalue weighted by molar-refractivity contribution is 5.67. The maximum absolute atomic E-state index is 11.5. The van der Waals surface area contributed by atoms with Crippen molar-refractivity contribution in [1.29, 1.82) is 0 Å². The number of amides is 1. The number of ether oxygens (including phenoxy) is 1. The quantitative estimate of drug-likeness (QED) is 0.826. The fourth-order valence-corrected chi connectivity index (χ4v) is 2.15. The van der Waals surface area contributed by atoms with Crippen molar-refractivity contribution in [2.75, 3.05) is 19.6 Å². The van der Waals surface area contributed by atoms with Crippen LogP contribution in [0.2, 0.25) is 0 Å². The molecule has 1 atom stereocenters. The monoisotopic (exact) mass is 256 g/mol. The Balaban J connectivity index is 2.28. The normalized spacial score (nSPS) is 22.0. The minimum absolute atomic E-state index is 0.223. The summed E-state index contributed by atoms with van der Waals surface area (Å²) in [7, 11) is 0. The summed E-state index contributed by atoms with van der Waals surface area (Å²) in [6.45, 7) is 15.2. The minimum atomic E-state index is -0.419. The van der Waals surface area contributed by atoms with Gasteiger partial charge in [0, 0.05) is 18.6 Å². The van der Waals surface area contributed by atoms with Gasteiger partial charge >= 0.3 is 6.09 Å². The lowest BCUT2D eigenvalue weighted by atomic mass is 10.1. The molecule has 106 valence electrons. The number of nitrogens with zero attached hydrogens (tertiary/aromatic N) is 1. The predicted octanol–water partition coefficient (Wildman–Crippen LogP) is 2.63. The topological polar surface area (TPSA) is 41.6 Å². The molecule has 0 radical (unpaired) electrons. The predicted molar refractivity (Wildman–Crippen MR) is 73.7 cm³/mol. The summed E-state index contributed by atoms with van der Waals surface area (Å²) < 4.78 is 5.23. The van der Waals surface area contributed by atoms with Gasteiger partial charge in [0.05, 0.1) is 0 Å². The maximum Gasteiger partial charge on any atom is 0.407 e. The van der Waals surface area contributed by atoms with Crippen LogP contribution in [0.4, 0.5) is 4.79 Å². The Kier molecular flexibility index (Phi) is 4.65. The van der Waals surface area contributed by atoms with Gasteiger partial charge in [0.1, 0.15) is 5.60 Å². The van der Waals surface area contributed by atoms with Gasteiger partial charge in [-0.15, -0.1) is 0 Å². The van der Waals surface area contributed by atoms with E-state index in [1.165, 1.54) is 0 Å². The van der Waals surface area contributed by atoms with Gasteiger partial charge in [-0.3, -0.25) is 4.90 Å². The van der Waals surface area contributed by atoms with Crippen LogP contribution in [0.5, 0.6) is 0 Å². The molecule has 4 nitrogen and oxygen atoms in total. The van der Waals surface area contributed by atoms with E-state index in [4.69, 9.17) is 4.74 Å². The van der Waals surface area contributed by atoms with Crippen LogP contribution in [0.3, 0.4) is 0 Å². The van der Waals surface area contributed by atoms with Crippen molar-refractivity contribution in [2.45, 2.75) is 59.1 Å². The van der Waals surface area contributed by atoms with Crippen LogP contribution in [0.15, 0.2) is 0 Å². The molecule has 0 aromatic rings. The molecule has 1 amide bonds. The summed E-state index contributed by atoms with van der Waals surface area (Å²) in [4.78, 5) is 14.0. The molecule has 0 aromatic heterocycles. The highest BCUT2D eigenvalue weighted by atomic mass is 16.6. The summed E-state index contributed by atoms with van der Waals surface area (Å²) in [5.41, 5.74) is -0.197. The Morgan fingerprint density at radius 2 is 1.89 bits per heavy atom. The molecule has 0 saturated carbocycles. The zero-order chi connectivity index (χ0) is 14.0. The smallest absolute Gasteiger partial charge is 0.407 e. The Morgan fingerprint density at radius 3 is 2.33 bits per heavy atom. The number of carbonyl (C=O) groups is 1. The van der Waals surface area contributed by atoms with E-state index in [1.807, 2.05) is 20.8 Å². The molecule has 0 aromatic carbocycles. The summed E-state index contributed by atoms with van der Waals surface area (Å²) in [6.07, 6.45) is 0.837. The third kappa shape index (κ3) is 5.25.